The standard InChI is InChI=1S/C14H6BrN3O2/c15-7-1-2-11-9(5-7)12(19)13-17-10-6-16-4-3-8(10)14(20)18(11)13/h1-6H. The molecule has 20 heavy (non-hydrogen) atoms. The zero-order valence-electron chi connectivity index (χ0n) is 10.0. The van der Waals surface area contributed by atoms with Crippen molar-refractivity contribution >= 4 is 32.6 Å². The normalized spacial score (nSPS) is 12.6. The molecule has 4 rings (SSSR count). The maximum absolute atomic E-state index is 12.5. The van der Waals surface area contributed by atoms with E-state index < -0.39 is 0 Å². The van der Waals surface area contributed by atoms with Gasteiger partial charge >= 0.3 is 0 Å². The van der Waals surface area contributed by atoms with Crippen LogP contribution in [0, 0.1) is 0 Å². The van der Waals surface area contributed by atoms with Crippen LogP contribution in [0.4, 0.5) is 0 Å². The second-order valence-electron chi connectivity index (χ2n) is 4.46. The highest BCUT2D eigenvalue weighted by atomic mass is 79.9. The number of hydrogen-bond acceptors (Lipinski definition) is 4. The minimum Gasteiger partial charge on any atom is -0.285 e. The predicted octanol–water partition coefficient (Wildman–Crippen LogP) is 2.09. The highest BCUT2D eigenvalue weighted by Gasteiger charge is 2.30. The molecular weight excluding hydrogens is 322 g/mol. The van der Waals surface area contributed by atoms with Gasteiger partial charge in [0.1, 0.15) is 0 Å². The van der Waals surface area contributed by atoms with Crippen LogP contribution in [0.5, 0.6) is 0 Å². The molecule has 5 nitrogen and oxygen atoms in total. The van der Waals surface area contributed by atoms with E-state index in [1.54, 1.807) is 24.3 Å². The van der Waals surface area contributed by atoms with Gasteiger partial charge < -0.3 is 0 Å². The number of halogens is 1. The first-order valence-electron chi connectivity index (χ1n) is 5.88. The van der Waals surface area contributed by atoms with E-state index in [-0.39, 0.29) is 17.2 Å². The van der Waals surface area contributed by atoms with Gasteiger partial charge in [0.15, 0.2) is 5.82 Å². The molecule has 0 fully saturated rings. The van der Waals surface area contributed by atoms with Gasteiger partial charge in [-0.2, -0.15) is 0 Å². The lowest BCUT2D eigenvalue weighted by Gasteiger charge is -2.04. The molecule has 0 N–H and O–H groups in total. The number of carbonyl (C=O) groups excluding carboxylic acids is 1. The second-order valence-corrected chi connectivity index (χ2v) is 5.38. The molecule has 1 aliphatic heterocycles. The maximum atomic E-state index is 12.5. The number of hydrogen-bond donors (Lipinski definition) is 0. The number of carbonyl (C=O) groups is 1. The van der Waals surface area contributed by atoms with Crippen LogP contribution in [0.3, 0.4) is 0 Å². The molecule has 3 heterocycles. The minimum absolute atomic E-state index is 0.142. The third-order valence-corrected chi connectivity index (χ3v) is 3.81. The molecule has 6 heteroatoms. The van der Waals surface area contributed by atoms with Gasteiger partial charge in [-0.3, -0.25) is 19.1 Å². The molecule has 0 spiro atoms. The topological polar surface area (TPSA) is 64.8 Å². The van der Waals surface area contributed by atoms with E-state index in [1.807, 2.05) is 0 Å². The Labute approximate surface area is 121 Å². The van der Waals surface area contributed by atoms with Gasteiger partial charge in [-0.05, 0) is 24.3 Å². The molecule has 0 bridgehead atoms. The Morgan fingerprint density at radius 2 is 2.00 bits per heavy atom. The summed E-state index contributed by atoms with van der Waals surface area (Å²) in [6.07, 6.45) is 3.03. The van der Waals surface area contributed by atoms with E-state index in [2.05, 4.69) is 25.9 Å². The molecule has 0 atom stereocenters. The van der Waals surface area contributed by atoms with Gasteiger partial charge in [0, 0.05) is 10.7 Å². The van der Waals surface area contributed by atoms with Crippen LogP contribution in [0.25, 0.3) is 16.6 Å². The summed E-state index contributed by atoms with van der Waals surface area (Å²) < 4.78 is 2.16. The zero-order valence-corrected chi connectivity index (χ0v) is 11.6. The fraction of sp³-hybridized carbons (Fsp3) is 0. The van der Waals surface area contributed by atoms with Crippen LogP contribution in [0.1, 0.15) is 16.2 Å². The van der Waals surface area contributed by atoms with Crippen molar-refractivity contribution in [1.82, 2.24) is 14.5 Å². The van der Waals surface area contributed by atoms with Crippen LogP contribution < -0.4 is 5.56 Å². The molecule has 0 amide bonds. The summed E-state index contributed by atoms with van der Waals surface area (Å²) in [6, 6.07) is 6.85. The van der Waals surface area contributed by atoms with Crippen molar-refractivity contribution in [1.29, 1.82) is 0 Å². The van der Waals surface area contributed by atoms with E-state index in [9.17, 15) is 9.59 Å². The molecular formula is C14H6BrN3O2. The highest BCUT2D eigenvalue weighted by molar-refractivity contribution is 9.10. The first-order valence-corrected chi connectivity index (χ1v) is 6.67. The quantitative estimate of drug-likeness (QED) is 0.496. The highest BCUT2D eigenvalue weighted by Crippen LogP contribution is 2.28. The maximum Gasteiger partial charge on any atom is 0.266 e. The van der Waals surface area contributed by atoms with Crippen LogP contribution in [0.15, 0.2) is 45.9 Å². The summed E-state index contributed by atoms with van der Waals surface area (Å²) in [5.74, 6) is -0.104. The largest absolute Gasteiger partial charge is 0.285 e. The number of ketones is 1. The summed E-state index contributed by atoms with van der Waals surface area (Å²) >= 11 is 3.33. The van der Waals surface area contributed by atoms with Gasteiger partial charge in [0.25, 0.3) is 5.56 Å². The van der Waals surface area contributed by atoms with Crippen molar-refractivity contribution in [3.63, 3.8) is 0 Å². The number of nitrogens with zero attached hydrogens (tertiary/aromatic N) is 3. The smallest absolute Gasteiger partial charge is 0.266 e. The molecule has 0 aliphatic carbocycles. The van der Waals surface area contributed by atoms with Crippen LogP contribution in [-0.2, 0) is 0 Å². The van der Waals surface area contributed by atoms with E-state index in [4.69, 9.17) is 0 Å². The molecule has 0 radical (unpaired) electrons. The molecule has 0 saturated carbocycles. The van der Waals surface area contributed by atoms with Crippen molar-refractivity contribution < 1.29 is 4.79 Å². The lowest BCUT2D eigenvalue weighted by atomic mass is 10.1. The Kier molecular flexibility index (Phi) is 2.20. The number of fused-ring (bicyclic) bond motifs is 4. The van der Waals surface area contributed by atoms with Crippen LogP contribution in [0.2, 0.25) is 0 Å². The Morgan fingerprint density at radius 1 is 1.15 bits per heavy atom. The monoisotopic (exact) mass is 327 g/mol. The van der Waals surface area contributed by atoms with Crippen molar-refractivity contribution in [3.8, 4) is 5.69 Å². The number of aromatic nitrogens is 3. The second kappa shape index (κ2) is 3.83. The van der Waals surface area contributed by atoms with Crippen LogP contribution in [-0.4, -0.2) is 20.3 Å². The third kappa shape index (κ3) is 1.36. The fourth-order valence-corrected chi connectivity index (χ4v) is 2.78. The van der Waals surface area contributed by atoms with E-state index in [1.165, 1.54) is 17.0 Å². The molecule has 3 aromatic rings. The van der Waals surface area contributed by atoms with Gasteiger partial charge in [0.2, 0.25) is 5.78 Å². The molecule has 0 unspecified atom stereocenters. The van der Waals surface area contributed by atoms with E-state index in [0.717, 1.165) is 4.47 Å². The SMILES string of the molecule is O=C1c2cc(Br)ccc2-n2c1nc1cnccc1c2=O. The van der Waals surface area contributed by atoms with Crippen molar-refractivity contribution in [2.75, 3.05) is 0 Å². The average Bonchev–Trinajstić information content (AvgIpc) is 2.73. The summed E-state index contributed by atoms with van der Waals surface area (Å²) in [5.41, 5.74) is 1.24. The lowest BCUT2D eigenvalue weighted by Crippen LogP contribution is -2.21. The molecule has 2 aromatic heterocycles. The van der Waals surface area contributed by atoms with Crippen molar-refractivity contribution in [2.45, 2.75) is 0 Å². The number of rotatable bonds is 0. The van der Waals surface area contributed by atoms with Gasteiger partial charge in [-0.15, -0.1) is 0 Å². The van der Waals surface area contributed by atoms with Crippen molar-refractivity contribution in [3.05, 3.63) is 62.9 Å². The van der Waals surface area contributed by atoms with Gasteiger partial charge in [0.05, 0.1) is 28.4 Å². The average molecular weight is 328 g/mol. The van der Waals surface area contributed by atoms with Gasteiger partial charge in [-0.25, -0.2) is 4.98 Å². The first kappa shape index (κ1) is 11.5. The number of benzene rings is 1. The lowest BCUT2D eigenvalue weighted by molar-refractivity contribution is 0.103. The Balaban J connectivity index is 2.20. The van der Waals surface area contributed by atoms with E-state index in [0.29, 0.717) is 22.2 Å². The predicted molar refractivity (Wildman–Crippen MR) is 76.3 cm³/mol. The van der Waals surface area contributed by atoms with E-state index >= 15 is 0 Å². The van der Waals surface area contributed by atoms with Gasteiger partial charge in [-0.1, -0.05) is 15.9 Å². The van der Waals surface area contributed by atoms with Crippen molar-refractivity contribution in [2.24, 2.45) is 0 Å². The van der Waals surface area contributed by atoms with Crippen LogP contribution >= 0.6 is 15.9 Å². The number of pyridine rings is 1. The Bertz CT molecular complexity index is 962. The molecule has 0 saturated heterocycles. The molecule has 1 aliphatic rings. The summed E-state index contributed by atoms with van der Waals surface area (Å²) in [6.45, 7) is 0. The molecule has 96 valence electrons. The molecule has 1 aromatic carbocycles. The Morgan fingerprint density at radius 3 is 2.85 bits per heavy atom. The summed E-state index contributed by atoms with van der Waals surface area (Å²) in [7, 11) is 0. The summed E-state index contributed by atoms with van der Waals surface area (Å²) in [5, 5.41) is 0.451. The fourth-order valence-electron chi connectivity index (χ4n) is 2.42. The zero-order chi connectivity index (χ0) is 13.9. The minimum atomic E-state index is -0.248. The Hall–Kier alpha value is -2.34. The summed E-state index contributed by atoms with van der Waals surface area (Å²) in [4.78, 5) is 33.1. The first-order chi connectivity index (χ1) is 9.66. The third-order valence-electron chi connectivity index (χ3n) is 3.32.